The predicted octanol–water partition coefficient (Wildman–Crippen LogP) is 3.13. The SMILES string of the molecule is CC(=O)Nc1nccc(C(=O)COC(=O)[C@H]2CC[C@H]3CC(c4c(N)ccc(Cl)c4F)=CC(=O)N32)c1F. The number of pyridine rings is 1. The normalized spacial score (nSPS) is 18.9. The molecule has 0 spiro atoms. The number of fused-ring (bicyclic) bond motifs is 1. The van der Waals surface area contributed by atoms with E-state index < -0.39 is 65.3 Å². The van der Waals surface area contributed by atoms with Gasteiger partial charge in [-0.15, -0.1) is 0 Å². The fourth-order valence-corrected chi connectivity index (χ4v) is 4.63. The Bertz CT molecular complexity index is 1320. The van der Waals surface area contributed by atoms with Gasteiger partial charge in [-0.1, -0.05) is 11.6 Å². The molecule has 3 heterocycles. The van der Waals surface area contributed by atoms with Crippen LogP contribution in [-0.4, -0.2) is 52.1 Å². The van der Waals surface area contributed by atoms with E-state index in [1.165, 1.54) is 23.1 Å². The Morgan fingerprint density at radius 1 is 1.22 bits per heavy atom. The number of benzene rings is 1. The zero-order chi connectivity index (χ0) is 26.1. The van der Waals surface area contributed by atoms with Gasteiger partial charge in [0, 0.05) is 36.5 Å². The third-order valence-electron chi connectivity index (χ3n) is 6.06. The second-order valence-corrected chi connectivity index (χ2v) is 8.83. The van der Waals surface area contributed by atoms with Gasteiger partial charge in [-0.25, -0.2) is 18.6 Å². The molecule has 1 saturated heterocycles. The van der Waals surface area contributed by atoms with Crippen LogP contribution in [0.25, 0.3) is 5.57 Å². The maximum absolute atomic E-state index is 14.6. The molecule has 0 unspecified atom stereocenters. The van der Waals surface area contributed by atoms with E-state index in [0.717, 1.165) is 19.2 Å². The highest BCUT2D eigenvalue weighted by Crippen LogP contribution is 2.39. The highest BCUT2D eigenvalue weighted by Gasteiger charge is 2.44. The molecule has 2 atom stereocenters. The number of halogens is 3. The molecule has 36 heavy (non-hydrogen) atoms. The van der Waals surface area contributed by atoms with Crippen LogP contribution in [-0.2, 0) is 19.1 Å². The highest BCUT2D eigenvalue weighted by atomic mass is 35.5. The maximum atomic E-state index is 14.6. The van der Waals surface area contributed by atoms with E-state index in [4.69, 9.17) is 22.1 Å². The van der Waals surface area contributed by atoms with Gasteiger partial charge in [0.25, 0.3) is 0 Å². The number of hydrogen-bond donors (Lipinski definition) is 2. The Morgan fingerprint density at radius 2 is 1.97 bits per heavy atom. The molecule has 2 amide bonds. The molecular formula is C24H21ClF2N4O5. The number of esters is 1. The van der Waals surface area contributed by atoms with Crippen LogP contribution in [0.5, 0.6) is 0 Å². The van der Waals surface area contributed by atoms with Crippen molar-refractivity contribution in [1.82, 2.24) is 9.88 Å². The predicted molar refractivity (Wildman–Crippen MR) is 126 cm³/mol. The molecule has 12 heteroatoms. The average Bonchev–Trinajstić information content (AvgIpc) is 3.26. The van der Waals surface area contributed by atoms with Gasteiger partial charge in [0.05, 0.1) is 10.6 Å². The molecule has 0 bridgehead atoms. The van der Waals surface area contributed by atoms with Gasteiger partial charge in [-0.2, -0.15) is 0 Å². The zero-order valence-corrected chi connectivity index (χ0v) is 19.8. The molecule has 1 aromatic heterocycles. The van der Waals surface area contributed by atoms with E-state index >= 15 is 0 Å². The third kappa shape index (κ3) is 4.78. The fourth-order valence-electron chi connectivity index (χ4n) is 4.47. The first-order chi connectivity index (χ1) is 17.1. The topological polar surface area (TPSA) is 132 Å². The number of nitrogens with two attached hydrogens (primary N) is 1. The first-order valence-electron chi connectivity index (χ1n) is 11.0. The Hall–Kier alpha value is -3.86. The Kier molecular flexibility index (Phi) is 7.02. The minimum atomic E-state index is -1.05. The second-order valence-electron chi connectivity index (χ2n) is 8.42. The number of ketones is 1. The summed E-state index contributed by atoms with van der Waals surface area (Å²) in [5.41, 5.74) is 6.09. The van der Waals surface area contributed by atoms with Crippen LogP contribution in [0.1, 0.15) is 42.1 Å². The molecule has 2 aromatic rings. The van der Waals surface area contributed by atoms with Gasteiger partial charge in [0.2, 0.25) is 17.6 Å². The number of anilines is 2. The summed E-state index contributed by atoms with van der Waals surface area (Å²) >= 11 is 5.88. The maximum Gasteiger partial charge on any atom is 0.329 e. The van der Waals surface area contributed by atoms with Gasteiger partial charge < -0.3 is 20.7 Å². The standard InChI is InChI=1S/C24H21ClF2N4O5/c1-11(32)30-23-21(26)14(6-7-29-23)18(33)10-36-24(35)17-5-2-13-8-12(9-19(34)31(13)17)20-16(28)4-3-15(25)22(20)27/h3-4,6-7,9,13,17H,2,5,8,10,28H2,1H3,(H,29,30,32)/t13-,17+/m0/s1. The first-order valence-corrected chi connectivity index (χ1v) is 11.3. The number of nitrogens with one attached hydrogen (secondary N) is 1. The second kappa shape index (κ2) is 10.0. The van der Waals surface area contributed by atoms with Crippen LogP contribution >= 0.6 is 11.6 Å². The van der Waals surface area contributed by atoms with Crippen molar-refractivity contribution in [2.24, 2.45) is 0 Å². The number of nitrogen functional groups attached to an aromatic ring is 1. The molecule has 1 aromatic carbocycles. The summed E-state index contributed by atoms with van der Waals surface area (Å²) in [6.07, 6.45) is 3.32. The lowest BCUT2D eigenvalue weighted by atomic mass is 9.92. The smallest absolute Gasteiger partial charge is 0.329 e. The van der Waals surface area contributed by atoms with E-state index in [1.807, 2.05) is 0 Å². The van der Waals surface area contributed by atoms with Crippen LogP contribution in [0.2, 0.25) is 5.02 Å². The summed E-state index contributed by atoms with van der Waals surface area (Å²) in [4.78, 5) is 54.3. The number of carbonyl (C=O) groups excluding carboxylic acids is 4. The van der Waals surface area contributed by atoms with Gasteiger partial charge >= 0.3 is 5.97 Å². The largest absolute Gasteiger partial charge is 0.456 e. The molecule has 0 aliphatic carbocycles. The molecule has 4 rings (SSSR count). The molecule has 0 radical (unpaired) electrons. The highest BCUT2D eigenvalue weighted by molar-refractivity contribution is 6.31. The number of rotatable bonds is 6. The van der Waals surface area contributed by atoms with Crippen molar-refractivity contribution in [1.29, 1.82) is 0 Å². The van der Waals surface area contributed by atoms with E-state index in [9.17, 15) is 28.0 Å². The van der Waals surface area contributed by atoms with Crippen molar-refractivity contribution in [3.05, 3.63) is 58.3 Å². The van der Waals surface area contributed by atoms with Crippen molar-refractivity contribution >= 4 is 52.2 Å². The summed E-state index contributed by atoms with van der Waals surface area (Å²) in [5, 5.41) is 2.04. The van der Waals surface area contributed by atoms with Crippen LogP contribution in [0, 0.1) is 11.6 Å². The number of amides is 2. The lowest BCUT2D eigenvalue weighted by Crippen LogP contribution is -2.47. The molecule has 2 aliphatic heterocycles. The quantitative estimate of drug-likeness (QED) is 0.341. The number of carbonyl (C=O) groups is 4. The van der Waals surface area contributed by atoms with Crippen molar-refractivity contribution in [3.63, 3.8) is 0 Å². The summed E-state index contributed by atoms with van der Waals surface area (Å²) in [6.45, 7) is 0.389. The molecule has 188 valence electrons. The minimum absolute atomic E-state index is 0.0603. The summed E-state index contributed by atoms with van der Waals surface area (Å²) in [6, 6.07) is 2.53. The number of Topliss-reactive ketones (excluding diaryl/α,β-unsaturated/α-hetero) is 1. The van der Waals surface area contributed by atoms with Crippen molar-refractivity contribution in [2.45, 2.75) is 38.3 Å². The minimum Gasteiger partial charge on any atom is -0.456 e. The number of hydrogen-bond acceptors (Lipinski definition) is 7. The first kappa shape index (κ1) is 25.2. The molecule has 3 N–H and O–H groups in total. The monoisotopic (exact) mass is 518 g/mol. The van der Waals surface area contributed by atoms with Crippen LogP contribution in [0.3, 0.4) is 0 Å². The lowest BCUT2D eigenvalue weighted by molar-refractivity contribution is -0.152. The van der Waals surface area contributed by atoms with E-state index in [1.54, 1.807) is 0 Å². The Morgan fingerprint density at radius 3 is 2.69 bits per heavy atom. The Labute approximate surface area is 209 Å². The van der Waals surface area contributed by atoms with Crippen molar-refractivity contribution < 1.29 is 32.7 Å². The number of nitrogens with zero attached hydrogens (tertiary/aromatic N) is 2. The molecule has 9 nitrogen and oxygen atoms in total. The number of aromatic nitrogens is 1. The molecule has 1 fully saturated rings. The Balaban J connectivity index is 1.45. The molecular weight excluding hydrogens is 498 g/mol. The van der Waals surface area contributed by atoms with Gasteiger partial charge in [0.15, 0.2) is 24.1 Å². The summed E-state index contributed by atoms with van der Waals surface area (Å²) in [7, 11) is 0. The summed E-state index contributed by atoms with van der Waals surface area (Å²) < 4.78 is 34.2. The van der Waals surface area contributed by atoms with Gasteiger partial charge in [0.1, 0.15) is 6.04 Å². The molecule has 2 aliphatic rings. The average molecular weight is 519 g/mol. The van der Waals surface area contributed by atoms with E-state index in [0.29, 0.717) is 12.0 Å². The summed E-state index contributed by atoms with van der Waals surface area (Å²) in [5.74, 6) is -4.95. The lowest BCUT2D eigenvalue weighted by Gasteiger charge is -2.33. The van der Waals surface area contributed by atoms with Crippen LogP contribution < -0.4 is 11.1 Å². The molecule has 0 saturated carbocycles. The van der Waals surface area contributed by atoms with Crippen LogP contribution in [0.4, 0.5) is 20.3 Å². The number of ether oxygens (including phenoxy) is 1. The van der Waals surface area contributed by atoms with E-state index in [2.05, 4.69) is 10.3 Å². The third-order valence-corrected chi connectivity index (χ3v) is 6.35. The van der Waals surface area contributed by atoms with E-state index in [-0.39, 0.29) is 29.1 Å². The van der Waals surface area contributed by atoms with Crippen LogP contribution in [0.15, 0.2) is 30.5 Å². The van der Waals surface area contributed by atoms with Gasteiger partial charge in [-0.3, -0.25) is 14.4 Å². The van der Waals surface area contributed by atoms with Gasteiger partial charge in [-0.05, 0) is 43.0 Å². The fraction of sp³-hybridized carbons (Fsp3) is 0.292. The van der Waals surface area contributed by atoms with Crippen molar-refractivity contribution in [3.8, 4) is 0 Å². The van der Waals surface area contributed by atoms with Crippen molar-refractivity contribution in [2.75, 3.05) is 17.7 Å². The zero-order valence-electron chi connectivity index (χ0n) is 19.0.